The molecule has 1 aromatic rings. The Kier molecular flexibility index (Phi) is 4.27. The number of benzene rings is 1. The summed E-state index contributed by atoms with van der Waals surface area (Å²) in [4.78, 5) is 23.7. The molecule has 1 aromatic carbocycles. The van der Waals surface area contributed by atoms with Crippen LogP contribution in [0.1, 0.15) is 31.7 Å². The first kappa shape index (κ1) is 13.7. The fourth-order valence-corrected chi connectivity index (χ4v) is 2.62. The summed E-state index contributed by atoms with van der Waals surface area (Å²) in [7, 11) is 0. The Labute approximate surface area is 112 Å². The molecule has 2 rings (SSSR count). The Balaban J connectivity index is 1.99. The highest BCUT2D eigenvalue weighted by Crippen LogP contribution is 2.23. The highest BCUT2D eigenvalue weighted by atomic mass is 16.6. The quantitative estimate of drug-likeness (QED) is 0.604. The molecule has 0 radical (unpaired) electrons. The van der Waals surface area contributed by atoms with Gasteiger partial charge >= 0.3 is 0 Å². The summed E-state index contributed by atoms with van der Waals surface area (Å²) >= 11 is 0. The van der Waals surface area contributed by atoms with Crippen LogP contribution in [-0.4, -0.2) is 28.2 Å². The van der Waals surface area contributed by atoms with Crippen molar-refractivity contribution >= 4 is 11.5 Å². The monoisotopic (exact) mass is 262 g/mol. The highest BCUT2D eigenvalue weighted by molar-refractivity contribution is 5.76. The van der Waals surface area contributed by atoms with Gasteiger partial charge in [-0.25, -0.2) is 0 Å². The normalized spacial score (nSPS) is 19.5. The first-order valence-corrected chi connectivity index (χ1v) is 6.53. The summed E-state index contributed by atoms with van der Waals surface area (Å²) in [5.74, 6) is 0.223. The van der Waals surface area contributed by atoms with Gasteiger partial charge in [0.25, 0.3) is 5.69 Å². The molecule has 1 heterocycles. The van der Waals surface area contributed by atoms with Crippen molar-refractivity contribution in [2.45, 2.75) is 38.8 Å². The summed E-state index contributed by atoms with van der Waals surface area (Å²) in [5.41, 5.74) is 1.17. The van der Waals surface area contributed by atoms with E-state index in [0.29, 0.717) is 12.5 Å². The van der Waals surface area contributed by atoms with Gasteiger partial charge in [0, 0.05) is 31.1 Å². The molecule has 19 heavy (non-hydrogen) atoms. The Morgan fingerprint density at radius 2 is 2.11 bits per heavy atom. The minimum absolute atomic E-state index is 0.116. The number of ketones is 1. The van der Waals surface area contributed by atoms with E-state index in [1.165, 1.54) is 12.1 Å². The first-order chi connectivity index (χ1) is 9.06. The van der Waals surface area contributed by atoms with Gasteiger partial charge in [-0.15, -0.1) is 0 Å². The molecule has 0 bridgehead atoms. The third-order valence-corrected chi connectivity index (χ3v) is 3.55. The molecular formula is C14H18N2O3. The van der Waals surface area contributed by atoms with E-state index in [1.807, 2.05) is 0 Å². The van der Waals surface area contributed by atoms with Crippen LogP contribution in [0.15, 0.2) is 24.3 Å². The zero-order valence-corrected chi connectivity index (χ0v) is 11.0. The maximum atomic E-state index is 11.2. The predicted octanol–water partition coefficient (Wildman–Crippen LogP) is 2.54. The maximum absolute atomic E-state index is 11.2. The van der Waals surface area contributed by atoms with Gasteiger partial charge < -0.3 is 0 Å². The molecule has 5 nitrogen and oxygen atoms in total. The molecular weight excluding hydrogens is 244 g/mol. The number of carbonyl (C=O) groups excluding carboxylic acids is 1. The number of Topliss-reactive ketones (excluding diaryl/α,β-unsaturated/α-hetero) is 1. The van der Waals surface area contributed by atoms with Gasteiger partial charge in [-0.2, -0.15) is 0 Å². The average molecular weight is 262 g/mol. The first-order valence-electron chi connectivity index (χ1n) is 6.53. The molecule has 0 amide bonds. The van der Waals surface area contributed by atoms with Gasteiger partial charge in [-0.1, -0.05) is 12.1 Å². The molecule has 1 saturated heterocycles. The predicted molar refractivity (Wildman–Crippen MR) is 71.8 cm³/mol. The van der Waals surface area contributed by atoms with Crippen molar-refractivity contribution in [3.05, 3.63) is 39.9 Å². The van der Waals surface area contributed by atoms with Crippen molar-refractivity contribution in [2.24, 2.45) is 0 Å². The minimum atomic E-state index is -0.391. The zero-order valence-electron chi connectivity index (χ0n) is 11.0. The lowest BCUT2D eigenvalue weighted by molar-refractivity contribution is -0.384. The Bertz CT molecular complexity index is 470. The molecule has 1 aliphatic heterocycles. The second-order valence-corrected chi connectivity index (χ2v) is 5.10. The fraction of sp³-hybridized carbons (Fsp3) is 0.500. The van der Waals surface area contributed by atoms with Gasteiger partial charge in [0.15, 0.2) is 0 Å². The molecule has 1 aliphatic rings. The summed E-state index contributed by atoms with van der Waals surface area (Å²) in [5, 5.41) is 10.6. The molecule has 0 spiro atoms. The number of rotatable bonds is 5. The van der Waals surface area contributed by atoms with E-state index < -0.39 is 4.92 Å². The van der Waals surface area contributed by atoms with E-state index in [4.69, 9.17) is 0 Å². The summed E-state index contributed by atoms with van der Waals surface area (Å²) in [6.45, 7) is 3.38. The topological polar surface area (TPSA) is 63.5 Å². The van der Waals surface area contributed by atoms with E-state index in [9.17, 15) is 14.9 Å². The van der Waals surface area contributed by atoms with E-state index in [1.54, 1.807) is 19.1 Å². The maximum Gasteiger partial charge on any atom is 0.269 e. The summed E-state index contributed by atoms with van der Waals surface area (Å²) < 4.78 is 0. The van der Waals surface area contributed by atoms with Crippen LogP contribution >= 0.6 is 0 Å². The van der Waals surface area contributed by atoms with Gasteiger partial charge in [-0.05, 0) is 31.9 Å². The van der Waals surface area contributed by atoms with Gasteiger partial charge in [0.1, 0.15) is 5.78 Å². The molecule has 102 valence electrons. The van der Waals surface area contributed by atoms with Gasteiger partial charge in [0.05, 0.1) is 4.92 Å². The minimum Gasteiger partial charge on any atom is -0.300 e. The van der Waals surface area contributed by atoms with Crippen molar-refractivity contribution in [1.29, 1.82) is 0 Å². The number of nitrogens with zero attached hydrogens (tertiary/aromatic N) is 2. The van der Waals surface area contributed by atoms with Crippen LogP contribution in [-0.2, 0) is 11.3 Å². The molecule has 0 aliphatic carbocycles. The van der Waals surface area contributed by atoms with Crippen LogP contribution in [0.3, 0.4) is 0 Å². The van der Waals surface area contributed by atoms with E-state index in [2.05, 4.69) is 4.90 Å². The third kappa shape index (κ3) is 3.61. The lowest BCUT2D eigenvalue weighted by Crippen LogP contribution is -2.30. The average Bonchev–Trinajstić information content (AvgIpc) is 2.76. The third-order valence-electron chi connectivity index (χ3n) is 3.55. The number of non-ortho nitro benzene ring substituents is 1. The van der Waals surface area contributed by atoms with E-state index in [-0.39, 0.29) is 11.5 Å². The van der Waals surface area contributed by atoms with Crippen molar-refractivity contribution in [3.63, 3.8) is 0 Å². The van der Waals surface area contributed by atoms with Gasteiger partial charge in [0.2, 0.25) is 0 Å². The molecule has 1 fully saturated rings. The van der Waals surface area contributed by atoms with E-state index >= 15 is 0 Å². The van der Waals surface area contributed by atoms with Gasteiger partial charge in [-0.3, -0.25) is 19.8 Å². The number of likely N-dealkylation sites (tertiary alicyclic amines) is 1. The summed E-state index contributed by atoms with van der Waals surface area (Å²) in [6, 6.07) is 6.98. The zero-order chi connectivity index (χ0) is 13.8. The van der Waals surface area contributed by atoms with Crippen molar-refractivity contribution in [3.8, 4) is 0 Å². The Morgan fingerprint density at radius 3 is 2.68 bits per heavy atom. The van der Waals surface area contributed by atoms with Crippen LogP contribution in [0.4, 0.5) is 5.69 Å². The fourth-order valence-electron chi connectivity index (χ4n) is 2.62. The number of hydrogen-bond donors (Lipinski definition) is 0. The SMILES string of the molecule is CC(=O)CC1CCCN1Cc1ccc([N+](=O)[O-])cc1. The standard InChI is InChI=1S/C14H18N2O3/c1-11(17)9-14-3-2-8-15(14)10-12-4-6-13(7-5-12)16(18)19/h4-7,14H,2-3,8-10H2,1H3. The number of carbonyl (C=O) groups is 1. The molecule has 0 aromatic heterocycles. The highest BCUT2D eigenvalue weighted by Gasteiger charge is 2.25. The number of nitro groups is 1. The molecule has 0 N–H and O–H groups in total. The number of nitro benzene ring substituents is 1. The van der Waals surface area contributed by atoms with Crippen molar-refractivity contribution in [1.82, 2.24) is 4.90 Å². The smallest absolute Gasteiger partial charge is 0.269 e. The Hall–Kier alpha value is -1.75. The van der Waals surface area contributed by atoms with Crippen LogP contribution < -0.4 is 0 Å². The second kappa shape index (κ2) is 5.93. The lowest BCUT2D eigenvalue weighted by Gasteiger charge is -2.23. The van der Waals surface area contributed by atoms with Crippen LogP contribution in [0.2, 0.25) is 0 Å². The number of hydrogen-bond acceptors (Lipinski definition) is 4. The largest absolute Gasteiger partial charge is 0.300 e. The van der Waals surface area contributed by atoms with Crippen LogP contribution in [0, 0.1) is 10.1 Å². The molecule has 5 heteroatoms. The molecule has 1 unspecified atom stereocenters. The van der Waals surface area contributed by atoms with Crippen LogP contribution in [0.5, 0.6) is 0 Å². The molecule has 1 atom stereocenters. The van der Waals surface area contributed by atoms with Crippen molar-refractivity contribution in [2.75, 3.05) is 6.54 Å². The van der Waals surface area contributed by atoms with Crippen LogP contribution in [0.25, 0.3) is 0 Å². The summed E-state index contributed by atoms with van der Waals surface area (Å²) in [6.07, 6.45) is 2.78. The lowest BCUT2D eigenvalue weighted by atomic mass is 10.1. The van der Waals surface area contributed by atoms with E-state index in [0.717, 1.165) is 31.5 Å². The second-order valence-electron chi connectivity index (χ2n) is 5.10. The Morgan fingerprint density at radius 1 is 1.42 bits per heavy atom. The molecule has 0 saturated carbocycles. The van der Waals surface area contributed by atoms with Crippen molar-refractivity contribution < 1.29 is 9.72 Å².